The molecule has 0 unspecified atom stereocenters. The van der Waals surface area contributed by atoms with Gasteiger partial charge in [-0.2, -0.15) is 5.10 Å². The van der Waals surface area contributed by atoms with Crippen molar-refractivity contribution >= 4 is 39.9 Å². The van der Waals surface area contributed by atoms with Gasteiger partial charge in [-0.25, -0.2) is 0 Å². The third-order valence-corrected chi connectivity index (χ3v) is 3.90. The van der Waals surface area contributed by atoms with Gasteiger partial charge in [-0.05, 0) is 24.4 Å². The minimum atomic E-state index is 0.510. The SMILES string of the molecule is CNC(=S)N/N=C/c1ccc(N2CCOCC2)s1. The first-order chi connectivity index (χ1) is 8.79. The lowest BCUT2D eigenvalue weighted by atomic mass is 10.4. The maximum atomic E-state index is 5.34. The molecule has 0 saturated carbocycles. The van der Waals surface area contributed by atoms with Crippen molar-refractivity contribution in [3.63, 3.8) is 0 Å². The zero-order chi connectivity index (χ0) is 12.8. The lowest BCUT2D eigenvalue weighted by Crippen LogP contribution is -2.35. The molecule has 18 heavy (non-hydrogen) atoms. The fraction of sp³-hybridized carbons (Fsp3) is 0.455. The first-order valence-electron chi connectivity index (χ1n) is 5.73. The third kappa shape index (κ3) is 3.66. The van der Waals surface area contributed by atoms with Gasteiger partial charge in [0, 0.05) is 25.0 Å². The van der Waals surface area contributed by atoms with Crippen LogP contribution < -0.4 is 15.6 Å². The summed E-state index contributed by atoms with van der Waals surface area (Å²) in [6, 6.07) is 4.18. The monoisotopic (exact) mass is 284 g/mol. The molecule has 2 N–H and O–H groups in total. The molecule has 0 atom stereocenters. The quantitative estimate of drug-likeness (QED) is 0.493. The van der Waals surface area contributed by atoms with E-state index < -0.39 is 0 Å². The molecule has 0 radical (unpaired) electrons. The molecule has 0 spiro atoms. The highest BCUT2D eigenvalue weighted by atomic mass is 32.1. The largest absolute Gasteiger partial charge is 0.378 e. The zero-order valence-electron chi connectivity index (χ0n) is 10.2. The van der Waals surface area contributed by atoms with Crippen molar-refractivity contribution in [2.24, 2.45) is 5.10 Å². The van der Waals surface area contributed by atoms with Crippen LogP contribution in [0.4, 0.5) is 5.00 Å². The van der Waals surface area contributed by atoms with Crippen LogP contribution in [0.15, 0.2) is 17.2 Å². The van der Waals surface area contributed by atoms with Crippen LogP contribution >= 0.6 is 23.6 Å². The van der Waals surface area contributed by atoms with Crippen molar-refractivity contribution in [2.75, 3.05) is 38.3 Å². The van der Waals surface area contributed by atoms with Crippen LogP contribution in [0, 0.1) is 0 Å². The number of hydrogen-bond acceptors (Lipinski definition) is 5. The molecule has 2 rings (SSSR count). The van der Waals surface area contributed by atoms with Crippen LogP contribution in [0.2, 0.25) is 0 Å². The number of nitrogens with one attached hydrogen (secondary N) is 2. The highest BCUT2D eigenvalue weighted by Crippen LogP contribution is 2.25. The molecule has 2 heterocycles. The second kappa shape index (κ2) is 6.67. The minimum Gasteiger partial charge on any atom is -0.378 e. The summed E-state index contributed by atoms with van der Waals surface area (Å²) < 4.78 is 5.34. The van der Waals surface area contributed by atoms with Gasteiger partial charge >= 0.3 is 0 Å². The van der Waals surface area contributed by atoms with E-state index in [0.29, 0.717) is 5.11 Å². The Morgan fingerprint density at radius 2 is 2.28 bits per heavy atom. The molecule has 1 fully saturated rings. The van der Waals surface area contributed by atoms with Crippen LogP contribution in [0.25, 0.3) is 0 Å². The third-order valence-electron chi connectivity index (χ3n) is 2.52. The second-order valence-electron chi connectivity index (χ2n) is 3.72. The van der Waals surface area contributed by atoms with E-state index in [2.05, 4.69) is 32.9 Å². The standard InChI is InChI=1S/C11H16N4OS2/c1-12-11(17)14-13-8-9-2-3-10(18-9)15-4-6-16-7-5-15/h2-3,8H,4-7H2,1H3,(H2,12,14,17)/b13-8+. The number of ether oxygens (including phenoxy) is 1. The molecule has 1 aromatic rings. The molecular formula is C11H16N4OS2. The Balaban J connectivity index is 1.91. The zero-order valence-corrected chi connectivity index (χ0v) is 11.8. The van der Waals surface area contributed by atoms with Gasteiger partial charge in [0.25, 0.3) is 0 Å². The van der Waals surface area contributed by atoms with Crippen LogP contribution in [-0.2, 0) is 4.74 Å². The molecule has 0 aromatic carbocycles. The summed E-state index contributed by atoms with van der Waals surface area (Å²) in [4.78, 5) is 3.43. The van der Waals surface area contributed by atoms with Gasteiger partial charge in [0.15, 0.2) is 5.11 Å². The molecule has 98 valence electrons. The molecular weight excluding hydrogens is 268 g/mol. The maximum absolute atomic E-state index is 5.34. The fourth-order valence-corrected chi connectivity index (χ4v) is 2.56. The summed E-state index contributed by atoms with van der Waals surface area (Å²) in [5, 5.41) is 8.63. The molecule has 0 amide bonds. The number of rotatable bonds is 3. The molecule has 1 aliphatic rings. The molecule has 1 saturated heterocycles. The van der Waals surface area contributed by atoms with E-state index in [0.717, 1.165) is 31.2 Å². The Hall–Kier alpha value is -1.18. The Labute approximate surface area is 116 Å². The summed E-state index contributed by atoms with van der Waals surface area (Å²) >= 11 is 6.64. The van der Waals surface area contributed by atoms with E-state index in [-0.39, 0.29) is 0 Å². The van der Waals surface area contributed by atoms with Gasteiger partial charge in [-0.3, -0.25) is 5.43 Å². The first kappa shape index (κ1) is 13.3. The normalized spacial score (nSPS) is 15.9. The lowest BCUT2D eigenvalue weighted by molar-refractivity contribution is 0.123. The predicted molar refractivity (Wildman–Crippen MR) is 79.7 cm³/mol. The lowest BCUT2D eigenvalue weighted by Gasteiger charge is -2.27. The average molecular weight is 284 g/mol. The van der Waals surface area contributed by atoms with Crippen molar-refractivity contribution in [1.29, 1.82) is 0 Å². The predicted octanol–water partition coefficient (Wildman–Crippen LogP) is 1.01. The number of hydrogen-bond donors (Lipinski definition) is 2. The number of anilines is 1. The molecule has 5 nitrogen and oxygen atoms in total. The van der Waals surface area contributed by atoms with Crippen molar-refractivity contribution in [1.82, 2.24) is 10.7 Å². The van der Waals surface area contributed by atoms with Gasteiger partial charge in [-0.15, -0.1) is 11.3 Å². The maximum Gasteiger partial charge on any atom is 0.186 e. The van der Waals surface area contributed by atoms with Crippen molar-refractivity contribution in [2.45, 2.75) is 0 Å². The van der Waals surface area contributed by atoms with Crippen LogP contribution in [0.5, 0.6) is 0 Å². The second-order valence-corrected chi connectivity index (χ2v) is 5.23. The fourth-order valence-electron chi connectivity index (χ4n) is 1.58. The van der Waals surface area contributed by atoms with Crippen LogP contribution in [0.3, 0.4) is 0 Å². The molecule has 7 heteroatoms. The summed E-state index contributed by atoms with van der Waals surface area (Å²) in [5.74, 6) is 0. The van der Waals surface area contributed by atoms with E-state index in [1.54, 1.807) is 24.6 Å². The smallest absolute Gasteiger partial charge is 0.186 e. The van der Waals surface area contributed by atoms with E-state index in [9.17, 15) is 0 Å². The number of thiophene rings is 1. The number of nitrogens with zero attached hydrogens (tertiary/aromatic N) is 2. The van der Waals surface area contributed by atoms with Gasteiger partial charge in [0.1, 0.15) is 0 Å². The topological polar surface area (TPSA) is 48.9 Å². The molecule has 1 aliphatic heterocycles. The summed E-state index contributed by atoms with van der Waals surface area (Å²) in [7, 11) is 1.76. The van der Waals surface area contributed by atoms with Crippen molar-refractivity contribution in [3.05, 3.63) is 17.0 Å². The Kier molecular flexibility index (Phi) is 4.91. The number of morpholine rings is 1. The van der Waals surface area contributed by atoms with E-state index in [1.807, 2.05) is 0 Å². The Morgan fingerprint density at radius 1 is 1.50 bits per heavy atom. The first-order valence-corrected chi connectivity index (χ1v) is 6.95. The molecule has 0 bridgehead atoms. The van der Waals surface area contributed by atoms with Gasteiger partial charge in [0.05, 0.1) is 24.4 Å². The van der Waals surface area contributed by atoms with Crippen molar-refractivity contribution in [3.8, 4) is 0 Å². The summed E-state index contributed by atoms with van der Waals surface area (Å²) in [6.07, 6.45) is 1.78. The number of hydrazone groups is 1. The highest BCUT2D eigenvalue weighted by Gasteiger charge is 2.12. The highest BCUT2D eigenvalue weighted by molar-refractivity contribution is 7.80. The van der Waals surface area contributed by atoms with Gasteiger partial charge < -0.3 is 15.0 Å². The minimum absolute atomic E-state index is 0.510. The van der Waals surface area contributed by atoms with Gasteiger partial charge in [-0.1, -0.05) is 0 Å². The van der Waals surface area contributed by atoms with E-state index >= 15 is 0 Å². The van der Waals surface area contributed by atoms with E-state index in [1.165, 1.54) is 5.00 Å². The van der Waals surface area contributed by atoms with Crippen molar-refractivity contribution < 1.29 is 4.74 Å². The summed E-state index contributed by atoms with van der Waals surface area (Å²) in [6.45, 7) is 3.52. The Morgan fingerprint density at radius 3 is 3.00 bits per heavy atom. The molecule has 1 aromatic heterocycles. The average Bonchev–Trinajstić information content (AvgIpc) is 2.88. The number of thiocarbonyl (C=S) groups is 1. The van der Waals surface area contributed by atoms with Gasteiger partial charge in [0.2, 0.25) is 0 Å². The van der Waals surface area contributed by atoms with Crippen LogP contribution in [-0.4, -0.2) is 44.7 Å². The van der Waals surface area contributed by atoms with Crippen LogP contribution in [0.1, 0.15) is 4.88 Å². The Bertz CT molecular complexity index is 426. The summed E-state index contributed by atoms with van der Waals surface area (Å²) in [5.41, 5.74) is 2.73. The molecule has 0 aliphatic carbocycles. The van der Waals surface area contributed by atoms with E-state index in [4.69, 9.17) is 17.0 Å².